The number of urea groups is 1. The number of aliphatic imine (C=N–C) groups is 1. The molecule has 0 aromatic heterocycles. The maximum Gasteiger partial charge on any atom is 0.328 e. The second kappa shape index (κ2) is 7.87. The van der Waals surface area contributed by atoms with Gasteiger partial charge in [0.1, 0.15) is 0 Å². The average molecular weight is 397 g/mol. The number of allylic oxidation sites excluding steroid dienone is 1. The summed E-state index contributed by atoms with van der Waals surface area (Å²) in [6, 6.07) is 9.10. The molecular formula is C21H27N5O3. The molecule has 3 aliphatic heterocycles. The first-order valence-corrected chi connectivity index (χ1v) is 9.96. The van der Waals surface area contributed by atoms with Gasteiger partial charge in [0.15, 0.2) is 12.2 Å². The summed E-state index contributed by atoms with van der Waals surface area (Å²) < 4.78 is 5.16. The van der Waals surface area contributed by atoms with Crippen LogP contribution in [0.5, 0.6) is 0 Å². The Bertz CT molecular complexity index is 853. The summed E-state index contributed by atoms with van der Waals surface area (Å²) in [7, 11) is 3.41. The zero-order chi connectivity index (χ0) is 20.5. The van der Waals surface area contributed by atoms with Crippen molar-refractivity contribution < 1.29 is 14.3 Å². The van der Waals surface area contributed by atoms with Gasteiger partial charge in [-0.1, -0.05) is 30.3 Å². The molecule has 1 aromatic rings. The van der Waals surface area contributed by atoms with Crippen molar-refractivity contribution in [1.82, 2.24) is 19.6 Å². The van der Waals surface area contributed by atoms with Gasteiger partial charge in [-0.3, -0.25) is 9.69 Å². The number of nitrogens with zero attached hydrogens (tertiary/aromatic N) is 5. The molecule has 0 spiro atoms. The molecule has 0 saturated carbocycles. The lowest BCUT2D eigenvalue weighted by Gasteiger charge is -2.40. The Morgan fingerprint density at radius 3 is 2.59 bits per heavy atom. The monoisotopic (exact) mass is 397 g/mol. The molecule has 3 aliphatic rings. The second-order valence-electron chi connectivity index (χ2n) is 7.58. The highest BCUT2D eigenvalue weighted by Crippen LogP contribution is 2.34. The Morgan fingerprint density at radius 2 is 1.86 bits per heavy atom. The summed E-state index contributed by atoms with van der Waals surface area (Å²) in [5, 5.41) is 0. The van der Waals surface area contributed by atoms with E-state index in [1.807, 2.05) is 48.4 Å². The Labute approximate surface area is 171 Å². The van der Waals surface area contributed by atoms with Crippen molar-refractivity contribution in [2.24, 2.45) is 4.99 Å². The van der Waals surface area contributed by atoms with E-state index in [-0.39, 0.29) is 11.9 Å². The summed E-state index contributed by atoms with van der Waals surface area (Å²) in [6.45, 7) is 3.79. The Kier molecular flexibility index (Phi) is 5.27. The number of benzene rings is 1. The van der Waals surface area contributed by atoms with Gasteiger partial charge in [-0.2, -0.15) is 0 Å². The van der Waals surface area contributed by atoms with Crippen LogP contribution in [0.1, 0.15) is 18.9 Å². The molecule has 1 aromatic carbocycles. The molecule has 1 saturated heterocycles. The number of carbonyl (C=O) groups excluding carboxylic acids is 2. The first kappa shape index (κ1) is 19.4. The highest BCUT2D eigenvalue weighted by Gasteiger charge is 2.53. The average Bonchev–Trinajstić information content (AvgIpc) is 3.23. The predicted octanol–water partition coefficient (Wildman–Crippen LogP) is 1.70. The van der Waals surface area contributed by atoms with Gasteiger partial charge >= 0.3 is 6.03 Å². The van der Waals surface area contributed by atoms with Crippen LogP contribution >= 0.6 is 0 Å². The van der Waals surface area contributed by atoms with Crippen molar-refractivity contribution in [1.29, 1.82) is 0 Å². The number of likely N-dealkylation sites (N-methyl/N-ethyl adjacent to an activating group) is 1. The highest BCUT2D eigenvalue weighted by molar-refractivity contribution is 6.04. The number of imide groups is 1. The highest BCUT2D eigenvalue weighted by atomic mass is 16.5. The summed E-state index contributed by atoms with van der Waals surface area (Å²) in [5.74, 6) is 0.557. The van der Waals surface area contributed by atoms with Crippen LogP contribution in [0, 0.1) is 0 Å². The van der Waals surface area contributed by atoms with Crippen molar-refractivity contribution in [2.45, 2.75) is 32.0 Å². The number of hydrogen-bond acceptors (Lipinski definition) is 6. The first-order chi connectivity index (χ1) is 14.0. The maximum absolute atomic E-state index is 13.3. The molecule has 3 heterocycles. The molecule has 0 aliphatic carbocycles. The summed E-state index contributed by atoms with van der Waals surface area (Å²) in [6.07, 6.45) is 2.96. The van der Waals surface area contributed by atoms with Crippen molar-refractivity contribution >= 4 is 17.9 Å². The number of carbonyl (C=O) groups is 2. The minimum atomic E-state index is -0.508. The van der Waals surface area contributed by atoms with E-state index in [4.69, 9.17) is 9.73 Å². The number of rotatable bonds is 7. The van der Waals surface area contributed by atoms with Crippen LogP contribution in [0.3, 0.4) is 0 Å². The summed E-state index contributed by atoms with van der Waals surface area (Å²) in [5.41, 5.74) is 2.14. The van der Waals surface area contributed by atoms with Crippen molar-refractivity contribution in [2.75, 3.05) is 33.9 Å². The van der Waals surface area contributed by atoms with E-state index in [2.05, 4.69) is 4.90 Å². The van der Waals surface area contributed by atoms with Gasteiger partial charge < -0.3 is 19.4 Å². The van der Waals surface area contributed by atoms with Gasteiger partial charge in [0.2, 0.25) is 5.96 Å². The van der Waals surface area contributed by atoms with Crippen molar-refractivity contribution in [3.05, 3.63) is 47.8 Å². The van der Waals surface area contributed by atoms with Crippen LogP contribution in [0.2, 0.25) is 0 Å². The SMILES string of the molecule is COCCCN1C(C)=CN2C1=NC1C2C(=O)N(CCc2ccccc2)C(=O)N1C. The smallest absolute Gasteiger partial charge is 0.328 e. The standard InChI is InChI=1S/C21H27N5O3/c1-15-14-26-17-18(22-20(26)24(15)11-7-13-29-3)23(2)21(28)25(19(17)27)12-10-16-8-5-4-6-9-16/h4-6,8-9,14,17-18H,7,10-13H2,1-3H3. The Balaban J connectivity index is 1.52. The molecule has 154 valence electrons. The molecule has 8 heteroatoms. The Morgan fingerprint density at radius 1 is 1.10 bits per heavy atom. The molecule has 0 bridgehead atoms. The van der Waals surface area contributed by atoms with Gasteiger partial charge in [-0.15, -0.1) is 0 Å². The number of amides is 3. The van der Waals surface area contributed by atoms with Gasteiger partial charge in [0.05, 0.1) is 0 Å². The van der Waals surface area contributed by atoms with Crippen LogP contribution in [-0.4, -0.2) is 83.6 Å². The number of ether oxygens (including phenoxy) is 1. The zero-order valence-electron chi connectivity index (χ0n) is 17.1. The number of methoxy groups -OCH3 is 1. The van der Waals surface area contributed by atoms with Gasteiger partial charge in [-0.05, 0) is 25.3 Å². The van der Waals surface area contributed by atoms with Crippen molar-refractivity contribution in [3.63, 3.8) is 0 Å². The molecule has 4 rings (SSSR count). The van der Waals surface area contributed by atoms with Crippen LogP contribution < -0.4 is 0 Å². The van der Waals surface area contributed by atoms with E-state index in [9.17, 15) is 9.59 Å². The topological polar surface area (TPSA) is 68.7 Å². The first-order valence-electron chi connectivity index (χ1n) is 9.96. The molecule has 8 nitrogen and oxygen atoms in total. The minimum absolute atomic E-state index is 0.185. The third-order valence-electron chi connectivity index (χ3n) is 5.70. The number of guanidine groups is 1. The lowest BCUT2D eigenvalue weighted by molar-refractivity contribution is -0.136. The number of hydrogen-bond donors (Lipinski definition) is 0. The maximum atomic E-state index is 13.3. The molecule has 29 heavy (non-hydrogen) atoms. The summed E-state index contributed by atoms with van der Waals surface area (Å²) in [4.78, 5) is 37.9. The fourth-order valence-corrected chi connectivity index (χ4v) is 4.14. The lowest BCUT2D eigenvalue weighted by atomic mass is 10.1. The largest absolute Gasteiger partial charge is 0.385 e. The van der Waals surface area contributed by atoms with E-state index in [1.165, 1.54) is 4.90 Å². The predicted molar refractivity (Wildman–Crippen MR) is 109 cm³/mol. The Hall–Kier alpha value is -2.87. The van der Waals surface area contributed by atoms with Crippen LogP contribution in [0.15, 0.2) is 47.2 Å². The van der Waals surface area contributed by atoms with Crippen LogP contribution in [0.25, 0.3) is 0 Å². The normalized spacial score (nSPS) is 23.4. The lowest BCUT2D eigenvalue weighted by Crippen LogP contribution is -2.64. The van der Waals surface area contributed by atoms with E-state index in [0.29, 0.717) is 19.6 Å². The van der Waals surface area contributed by atoms with E-state index >= 15 is 0 Å². The zero-order valence-corrected chi connectivity index (χ0v) is 17.1. The third-order valence-corrected chi connectivity index (χ3v) is 5.70. The van der Waals surface area contributed by atoms with E-state index in [1.54, 1.807) is 19.1 Å². The number of fused-ring (bicyclic) bond motifs is 3. The van der Waals surface area contributed by atoms with Crippen LogP contribution in [0.4, 0.5) is 4.79 Å². The molecule has 0 radical (unpaired) electrons. The van der Waals surface area contributed by atoms with Gasteiger partial charge in [0, 0.05) is 45.8 Å². The molecule has 1 fully saturated rings. The van der Waals surface area contributed by atoms with E-state index in [0.717, 1.165) is 30.2 Å². The van der Waals surface area contributed by atoms with Crippen molar-refractivity contribution in [3.8, 4) is 0 Å². The second-order valence-corrected chi connectivity index (χ2v) is 7.58. The van der Waals surface area contributed by atoms with E-state index < -0.39 is 12.2 Å². The fraction of sp³-hybridized carbons (Fsp3) is 0.476. The molecule has 3 amide bonds. The quantitative estimate of drug-likeness (QED) is 0.655. The summed E-state index contributed by atoms with van der Waals surface area (Å²) >= 11 is 0. The van der Waals surface area contributed by atoms with Gasteiger partial charge in [-0.25, -0.2) is 9.79 Å². The minimum Gasteiger partial charge on any atom is -0.385 e. The molecule has 2 atom stereocenters. The third kappa shape index (κ3) is 3.37. The van der Waals surface area contributed by atoms with Gasteiger partial charge in [0.25, 0.3) is 5.91 Å². The molecular weight excluding hydrogens is 370 g/mol. The molecule has 2 unspecified atom stereocenters. The molecule has 0 N–H and O–H groups in total. The fourth-order valence-electron chi connectivity index (χ4n) is 4.14. The van der Waals surface area contributed by atoms with Crippen LogP contribution in [-0.2, 0) is 16.0 Å².